The molecule has 32 heavy (non-hydrogen) atoms. The fourth-order valence-corrected chi connectivity index (χ4v) is 3.56. The molecule has 1 heterocycles. The van der Waals surface area contributed by atoms with E-state index in [9.17, 15) is 9.59 Å². The van der Waals surface area contributed by atoms with Crippen LogP contribution in [0.25, 0.3) is 0 Å². The van der Waals surface area contributed by atoms with Gasteiger partial charge in [-0.05, 0) is 66.7 Å². The lowest BCUT2D eigenvalue weighted by atomic mass is 9.75. The van der Waals surface area contributed by atoms with Crippen molar-refractivity contribution in [3.05, 3.63) is 23.8 Å². The Labute approximate surface area is 195 Å². The third-order valence-electron chi connectivity index (χ3n) is 6.10. The van der Waals surface area contributed by atoms with Gasteiger partial charge in [-0.25, -0.2) is 0 Å². The molecule has 2 amide bonds. The predicted octanol–water partition coefficient (Wildman–Crippen LogP) is 3.43. The number of hydrogen-bond donors (Lipinski definition) is 3. The molecule has 0 radical (unpaired) electrons. The Balaban J connectivity index is 0.00000249. The zero-order valence-corrected chi connectivity index (χ0v) is 21.1. The van der Waals surface area contributed by atoms with Crippen molar-refractivity contribution in [2.75, 3.05) is 6.54 Å². The molecule has 1 fully saturated rings. The molecule has 8 heteroatoms. The van der Waals surface area contributed by atoms with Crippen LogP contribution in [-0.2, 0) is 18.9 Å². The zero-order valence-electron chi connectivity index (χ0n) is 21.1. The van der Waals surface area contributed by atoms with Crippen LogP contribution in [0.2, 0.25) is 0 Å². The zero-order chi connectivity index (χ0) is 24.4. The fourth-order valence-electron chi connectivity index (χ4n) is 3.56. The highest BCUT2D eigenvalue weighted by atomic mass is 16.7. The average molecular weight is 449 g/mol. The van der Waals surface area contributed by atoms with Gasteiger partial charge < -0.3 is 25.7 Å². The van der Waals surface area contributed by atoms with Crippen molar-refractivity contribution < 1.29 is 18.9 Å². The Morgan fingerprint density at radius 2 is 1.78 bits per heavy atom. The molecule has 2 aliphatic rings. The molecule has 0 spiro atoms. The van der Waals surface area contributed by atoms with Gasteiger partial charge in [-0.3, -0.25) is 9.59 Å². The molecular formula is C24H44BN3O4. The summed E-state index contributed by atoms with van der Waals surface area (Å²) in [4.78, 5) is 24.5. The molecule has 1 aliphatic carbocycles. The van der Waals surface area contributed by atoms with E-state index in [0.29, 0.717) is 13.0 Å². The van der Waals surface area contributed by atoms with Crippen LogP contribution in [0.15, 0.2) is 23.8 Å². The van der Waals surface area contributed by atoms with E-state index in [1.165, 1.54) is 5.57 Å². The van der Waals surface area contributed by atoms with E-state index in [0.717, 1.165) is 25.7 Å². The molecule has 0 aromatic carbocycles. The molecule has 2 rings (SSSR count). The van der Waals surface area contributed by atoms with Gasteiger partial charge in [0.05, 0.1) is 29.6 Å². The second-order valence-corrected chi connectivity index (χ2v) is 9.15. The molecule has 0 saturated carbocycles. The first-order valence-electron chi connectivity index (χ1n) is 12.1. The largest absolute Gasteiger partial charge is 0.481 e. The van der Waals surface area contributed by atoms with Crippen LogP contribution in [0.4, 0.5) is 0 Å². The predicted molar refractivity (Wildman–Crippen MR) is 131 cm³/mol. The summed E-state index contributed by atoms with van der Waals surface area (Å²) in [6.07, 6.45) is 11.3. The third-order valence-corrected chi connectivity index (χ3v) is 6.10. The topological polar surface area (TPSA) is 103 Å². The van der Waals surface area contributed by atoms with Crippen molar-refractivity contribution in [2.24, 2.45) is 5.73 Å². The van der Waals surface area contributed by atoms with Crippen LogP contribution in [0.1, 0.15) is 87.0 Å². The standard InChI is InChI=1S/C22H38BN3O4.C2H6/c1-6-25-19(27)15-17(24)20(28)26-18(14-10-13-16-11-8-7-9-12-16)23-29-21(2,3)22(4,5)30-23;1-2/h8,11-12,17-18H,6-7,9-10,13-15,24H2,1-5H3,(H,25,27)(H,26,28);1-2H3. The summed E-state index contributed by atoms with van der Waals surface area (Å²) in [5.41, 5.74) is 6.33. The van der Waals surface area contributed by atoms with Gasteiger partial charge >= 0.3 is 7.12 Å². The van der Waals surface area contributed by atoms with Gasteiger partial charge in [0, 0.05) is 6.54 Å². The molecule has 1 saturated heterocycles. The maximum Gasteiger partial charge on any atom is 0.481 e. The third kappa shape index (κ3) is 8.37. The van der Waals surface area contributed by atoms with Crippen molar-refractivity contribution >= 4 is 18.9 Å². The van der Waals surface area contributed by atoms with E-state index < -0.39 is 24.4 Å². The summed E-state index contributed by atoms with van der Waals surface area (Å²) in [6, 6.07) is -0.912. The first-order valence-corrected chi connectivity index (χ1v) is 12.1. The van der Waals surface area contributed by atoms with Gasteiger partial charge in [-0.15, -0.1) is 0 Å². The highest BCUT2D eigenvalue weighted by Gasteiger charge is 2.54. The molecule has 0 bridgehead atoms. The van der Waals surface area contributed by atoms with Crippen LogP contribution >= 0.6 is 0 Å². The van der Waals surface area contributed by atoms with Crippen LogP contribution in [0, 0.1) is 0 Å². The number of rotatable bonds is 10. The fraction of sp³-hybridized carbons (Fsp3) is 0.750. The van der Waals surface area contributed by atoms with Crippen molar-refractivity contribution in [3.8, 4) is 0 Å². The number of carbonyl (C=O) groups excluding carboxylic acids is 2. The van der Waals surface area contributed by atoms with E-state index in [-0.39, 0.29) is 24.2 Å². The summed E-state index contributed by atoms with van der Waals surface area (Å²) in [7, 11) is -0.563. The van der Waals surface area contributed by atoms with E-state index in [1.807, 2.05) is 48.5 Å². The van der Waals surface area contributed by atoms with E-state index in [2.05, 4.69) is 28.9 Å². The first kappa shape index (κ1) is 28.4. The van der Waals surface area contributed by atoms with Crippen LogP contribution < -0.4 is 16.4 Å². The number of carbonyl (C=O) groups is 2. The molecule has 7 nitrogen and oxygen atoms in total. The Kier molecular flexibility index (Phi) is 11.7. The Morgan fingerprint density at radius 3 is 2.31 bits per heavy atom. The second kappa shape index (κ2) is 13.2. The van der Waals surface area contributed by atoms with E-state index in [1.54, 1.807) is 0 Å². The molecule has 2 atom stereocenters. The van der Waals surface area contributed by atoms with Gasteiger partial charge in [0.15, 0.2) is 0 Å². The Hall–Kier alpha value is -1.64. The minimum atomic E-state index is -0.912. The van der Waals surface area contributed by atoms with Gasteiger partial charge in [-0.2, -0.15) is 0 Å². The van der Waals surface area contributed by atoms with E-state index in [4.69, 9.17) is 15.0 Å². The van der Waals surface area contributed by atoms with Crippen molar-refractivity contribution in [2.45, 2.75) is 110 Å². The van der Waals surface area contributed by atoms with Gasteiger partial charge in [0.1, 0.15) is 0 Å². The maximum absolute atomic E-state index is 12.7. The number of amides is 2. The number of nitrogens with one attached hydrogen (secondary N) is 2. The Morgan fingerprint density at radius 1 is 1.16 bits per heavy atom. The SMILES string of the molecule is CC.CCNC(=O)CC(N)C(=O)NC(CCCC1=CCCC=C1)B1OC(C)(C)C(C)(C)O1. The second-order valence-electron chi connectivity index (χ2n) is 9.15. The van der Waals surface area contributed by atoms with E-state index >= 15 is 0 Å². The molecule has 2 unspecified atom stereocenters. The highest BCUT2D eigenvalue weighted by molar-refractivity contribution is 6.48. The van der Waals surface area contributed by atoms with Crippen molar-refractivity contribution in [3.63, 3.8) is 0 Å². The normalized spacial score (nSPS) is 20.5. The van der Waals surface area contributed by atoms with Crippen LogP contribution in [0.3, 0.4) is 0 Å². The molecule has 182 valence electrons. The minimum absolute atomic E-state index is 0.0482. The molecule has 0 aromatic heterocycles. The molecule has 0 aromatic rings. The summed E-state index contributed by atoms with van der Waals surface area (Å²) in [6.45, 7) is 14.3. The number of nitrogens with two attached hydrogens (primary N) is 1. The number of hydrogen-bond acceptors (Lipinski definition) is 5. The molecule has 4 N–H and O–H groups in total. The first-order chi connectivity index (χ1) is 15.1. The summed E-state index contributed by atoms with van der Waals surface area (Å²) >= 11 is 0. The summed E-state index contributed by atoms with van der Waals surface area (Å²) < 4.78 is 12.4. The molecule has 1 aliphatic heterocycles. The van der Waals surface area contributed by atoms with Gasteiger partial charge in [0.2, 0.25) is 11.8 Å². The van der Waals surface area contributed by atoms with Crippen LogP contribution in [0.5, 0.6) is 0 Å². The minimum Gasteiger partial charge on any atom is -0.402 e. The van der Waals surface area contributed by atoms with Gasteiger partial charge in [0.25, 0.3) is 0 Å². The lowest BCUT2D eigenvalue weighted by molar-refractivity contribution is -0.127. The average Bonchev–Trinajstić information content (AvgIpc) is 2.96. The summed E-state index contributed by atoms with van der Waals surface area (Å²) in [5, 5.41) is 5.66. The quantitative estimate of drug-likeness (QED) is 0.444. The maximum atomic E-state index is 12.7. The van der Waals surface area contributed by atoms with Crippen LogP contribution in [-0.4, -0.2) is 48.7 Å². The summed E-state index contributed by atoms with van der Waals surface area (Å²) in [5.74, 6) is -0.937. The highest BCUT2D eigenvalue weighted by Crippen LogP contribution is 2.38. The molecular weight excluding hydrogens is 405 g/mol. The smallest absolute Gasteiger partial charge is 0.402 e. The number of allylic oxidation sites excluding steroid dienone is 4. The van der Waals surface area contributed by atoms with Crippen molar-refractivity contribution in [1.82, 2.24) is 10.6 Å². The lowest BCUT2D eigenvalue weighted by Crippen LogP contribution is -2.53. The lowest BCUT2D eigenvalue weighted by Gasteiger charge is -2.32. The van der Waals surface area contributed by atoms with Gasteiger partial charge in [-0.1, -0.05) is 37.6 Å². The Bertz CT molecular complexity index is 660. The van der Waals surface area contributed by atoms with Crippen molar-refractivity contribution in [1.29, 1.82) is 0 Å². The monoisotopic (exact) mass is 449 g/mol.